The molecular formula is C19H23ClN6O2S. The summed E-state index contributed by atoms with van der Waals surface area (Å²) in [6, 6.07) is 5.73. The molecule has 0 aromatic carbocycles. The first-order valence-electron chi connectivity index (χ1n) is 9.18. The number of rotatable bonds is 7. The second-order valence-corrected chi connectivity index (χ2v) is 7.37. The van der Waals surface area contributed by atoms with Crippen molar-refractivity contribution >= 4 is 34.7 Å². The minimum absolute atomic E-state index is 0. The zero-order valence-corrected chi connectivity index (χ0v) is 17.7. The van der Waals surface area contributed by atoms with Crippen LogP contribution in [0.25, 0.3) is 10.4 Å². The quantitative estimate of drug-likeness (QED) is 0.606. The highest BCUT2D eigenvalue weighted by atomic mass is 35.5. The van der Waals surface area contributed by atoms with E-state index in [1.807, 2.05) is 31.5 Å². The standard InChI is InChI=1S/C19H22N6O2S.ClH/c1-14-22-17(11-18(23-14)27-10-7-25-5-8-26-9-6-25)24-19-21-13-16(28-19)15-3-2-4-20-12-15;/h2-4,11-13H,5-10H2,1H3,(H,21,22,23,24);1H. The molecule has 1 N–H and O–H groups in total. The largest absolute Gasteiger partial charge is 0.476 e. The Balaban J connectivity index is 0.00000240. The van der Waals surface area contributed by atoms with Crippen LogP contribution < -0.4 is 10.1 Å². The fraction of sp³-hybridized carbons (Fsp3) is 0.368. The molecule has 1 aliphatic rings. The molecule has 4 rings (SSSR count). The maximum Gasteiger partial charge on any atom is 0.218 e. The molecule has 0 radical (unpaired) electrons. The normalized spacial score (nSPS) is 14.2. The third-order valence-electron chi connectivity index (χ3n) is 4.26. The number of anilines is 2. The summed E-state index contributed by atoms with van der Waals surface area (Å²) in [5, 5.41) is 4.00. The summed E-state index contributed by atoms with van der Waals surface area (Å²) in [6.07, 6.45) is 5.41. The summed E-state index contributed by atoms with van der Waals surface area (Å²) in [4.78, 5) is 20.8. The summed E-state index contributed by atoms with van der Waals surface area (Å²) >= 11 is 1.55. The van der Waals surface area contributed by atoms with Crippen molar-refractivity contribution in [3.05, 3.63) is 42.6 Å². The topological polar surface area (TPSA) is 85.3 Å². The van der Waals surface area contributed by atoms with Gasteiger partial charge in [-0.05, 0) is 13.0 Å². The number of pyridine rings is 1. The minimum Gasteiger partial charge on any atom is -0.476 e. The summed E-state index contributed by atoms with van der Waals surface area (Å²) in [5.74, 6) is 1.88. The van der Waals surface area contributed by atoms with Crippen LogP contribution in [0.3, 0.4) is 0 Å². The second-order valence-electron chi connectivity index (χ2n) is 6.34. The van der Waals surface area contributed by atoms with Crippen LogP contribution in [0.15, 0.2) is 36.8 Å². The van der Waals surface area contributed by atoms with Crippen molar-refractivity contribution in [3.8, 4) is 16.3 Å². The number of ether oxygens (including phenoxy) is 2. The third-order valence-corrected chi connectivity index (χ3v) is 5.22. The molecule has 29 heavy (non-hydrogen) atoms. The van der Waals surface area contributed by atoms with Gasteiger partial charge < -0.3 is 14.8 Å². The van der Waals surface area contributed by atoms with E-state index >= 15 is 0 Å². The minimum atomic E-state index is 0. The number of hydrogen-bond donors (Lipinski definition) is 1. The molecule has 0 atom stereocenters. The van der Waals surface area contributed by atoms with Gasteiger partial charge in [0.1, 0.15) is 18.2 Å². The molecule has 0 amide bonds. The van der Waals surface area contributed by atoms with Gasteiger partial charge in [0, 0.05) is 49.9 Å². The SMILES string of the molecule is Cc1nc(Nc2ncc(-c3cccnc3)s2)cc(OCCN2CCOCC2)n1.Cl. The van der Waals surface area contributed by atoms with Crippen LogP contribution in [0.4, 0.5) is 10.9 Å². The third kappa shape index (κ3) is 6.07. The number of halogens is 1. The van der Waals surface area contributed by atoms with Crippen molar-refractivity contribution in [1.29, 1.82) is 0 Å². The molecule has 4 heterocycles. The van der Waals surface area contributed by atoms with Crippen LogP contribution in [-0.4, -0.2) is 64.3 Å². The van der Waals surface area contributed by atoms with Gasteiger partial charge >= 0.3 is 0 Å². The van der Waals surface area contributed by atoms with Crippen molar-refractivity contribution in [2.24, 2.45) is 0 Å². The highest BCUT2D eigenvalue weighted by Crippen LogP contribution is 2.30. The first-order valence-corrected chi connectivity index (χ1v) is 10.00. The Morgan fingerprint density at radius 1 is 1.24 bits per heavy atom. The number of hydrogen-bond acceptors (Lipinski definition) is 9. The number of nitrogens with one attached hydrogen (secondary N) is 1. The lowest BCUT2D eigenvalue weighted by molar-refractivity contribution is 0.0320. The van der Waals surface area contributed by atoms with Crippen LogP contribution in [-0.2, 0) is 4.74 Å². The fourth-order valence-corrected chi connectivity index (χ4v) is 3.68. The van der Waals surface area contributed by atoms with Gasteiger partial charge in [-0.2, -0.15) is 4.98 Å². The molecule has 0 spiro atoms. The molecule has 1 fully saturated rings. The molecule has 1 saturated heterocycles. The number of morpholine rings is 1. The molecule has 10 heteroatoms. The predicted molar refractivity (Wildman–Crippen MR) is 115 cm³/mol. The van der Waals surface area contributed by atoms with E-state index in [4.69, 9.17) is 9.47 Å². The average molecular weight is 435 g/mol. The van der Waals surface area contributed by atoms with Gasteiger partial charge in [-0.25, -0.2) is 9.97 Å². The van der Waals surface area contributed by atoms with Crippen LogP contribution >= 0.6 is 23.7 Å². The van der Waals surface area contributed by atoms with Crippen molar-refractivity contribution in [2.45, 2.75) is 6.92 Å². The van der Waals surface area contributed by atoms with Gasteiger partial charge in [0.25, 0.3) is 0 Å². The molecule has 0 aliphatic carbocycles. The molecule has 3 aromatic heterocycles. The first kappa shape index (κ1) is 21.4. The van der Waals surface area contributed by atoms with Crippen molar-refractivity contribution in [1.82, 2.24) is 24.8 Å². The lowest BCUT2D eigenvalue weighted by Crippen LogP contribution is -2.38. The van der Waals surface area contributed by atoms with Gasteiger partial charge in [0.2, 0.25) is 5.88 Å². The summed E-state index contributed by atoms with van der Waals surface area (Å²) < 4.78 is 11.2. The average Bonchev–Trinajstić information content (AvgIpc) is 3.17. The Kier molecular flexibility index (Phi) is 7.70. The van der Waals surface area contributed by atoms with Gasteiger partial charge in [-0.3, -0.25) is 9.88 Å². The molecule has 1 aliphatic heterocycles. The number of nitrogens with zero attached hydrogens (tertiary/aromatic N) is 5. The van der Waals surface area contributed by atoms with Crippen LogP contribution in [0.5, 0.6) is 5.88 Å². The summed E-state index contributed by atoms with van der Waals surface area (Å²) in [5.41, 5.74) is 1.04. The van der Waals surface area contributed by atoms with Crippen molar-refractivity contribution in [3.63, 3.8) is 0 Å². The maximum absolute atomic E-state index is 5.84. The Morgan fingerprint density at radius 3 is 2.90 bits per heavy atom. The van der Waals surface area contributed by atoms with Gasteiger partial charge in [-0.15, -0.1) is 12.4 Å². The summed E-state index contributed by atoms with van der Waals surface area (Å²) in [6.45, 7) is 6.76. The zero-order valence-electron chi connectivity index (χ0n) is 16.1. The van der Waals surface area contributed by atoms with Crippen LogP contribution in [0.2, 0.25) is 0 Å². The van der Waals surface area contributed by atoms with E-state index in [1.165, 1.54) is 0 Å². The Bertz CT molecular complexity index is 905. The second kappa shape index (κ2) is 10.4. The number of aromatic nitrogens is 4. The summed E-state index contributed by atoms with van der Waals surface area (Å²) in [7, 11) is 0. The van der Waals surface area contributed by atoms with Crippen LogP contribution in [0, 0.1) is 6.92 Å². The molecular weight excluding hydrogens is 412 g/mol. The Hall–Kier alpha value is -2.33. The number of aryl methyl sites for hydroxylation is 1. The Labute approximate surface area is 179 Å². The van der Waals surface area contributed by atoms with E-state index < -0.39 is 0 Å². The molecule has 0 bridgehead atoms. The van der Waals surface area contributed by atoms with Gasteiger partial charge in [-0.1, -0.05) is 17.4 Å². The van der Waals surface area contributed by atoms with E-state index in [0.717, 1.165) is 48.4 Å². The monoisotopic (exact) mass is 434 g/mol. The van der Waals surface area contributed by atoms with E-state index in [-0.39, 0.29) is 12.4 Å². The molecule has 3 aromatic rings. The van der Waals surface area contributed by atoms with Crippen molar-refractivity contribution in [2.75, 3.05) is 44.8 Å². The first-order chi connectivity index (χ1) is 13.8. The fourth-order valence-electron chi connectivity index (χ4n) is 2.87. The number of thiazole rings is 1. The van der Waals surface area contributed by atoms with Crippen LogP contribution in [0.1, 0.15) is 5.82 Å². The van der Waals surface area contributed by atoms with Gasteiger partial charge in [0.05, 0.1) is 18.1 Å². The van der Waals surface area contributed by atoms with E-state index in [0.29, 0.717) is 24.1 Å². The zero-order chi connectivity index (χ0) is 19.2. The predicted octanol–water partition coefficient (Wildman–Crippen LogP) is 3.18. The lowest BCUT2D eigenvalue weighted by Gasteiger charge is -2.26. The molecule has 8 nitrogen and oxygen atoms in total. The van der Waals surface area contributed by atoms with E-state index in [2.05, 4.69) is 30.2 Å². The highest BCUT2D eigenvalue weighted by molar-refractivity contribution is 7.18. The lowest BCUT2D eigenvalue weighted by atomic mass is 10.3. The van der Waals surface area contributed by atoms with E-state index in [9.17, 15) is 0 Å². The highest BCUT2D eigenvalue weighted by Gasteiger charge is 2.11. The molecule has 0 saturated carbocycles. The maximum atomic E-state index is 5.84. The van der Waals surface area contributed by atoms with Gasteiger partial charge in [0.15, 0.2) is 5.13 Å². The molecule has 154 valence electrons. The van der Waals surface area contributed by atoms with Crippen molar-refractivity contribution < 1.29 is 9.47 Å². The smallest absolute Gasteiger partial charge is 0.218 e. The van der Waals surface area contributed by atoms with E-state index in [1.54, 1.807) is 23.6 Å². The Morgan fingerprint density at radius 2 is 2.10 bits per heavy atom. The molecule has 0 unspecified atom stereocenters.